The molecule has 0 amide bonds. The summed E-state index contributed by atoms with van der Waals surface area (Å²) in [6.45, 7) is 7.81. The lowest BCUT2D eigenvalue weighted by molar-refractivity contribution is 0.963. The van der Waals surface area contributed by atoms with Crippen molar-refractivity contribution in [3.8, 4) is 0 Å². The van der Waals surface area contributed by atoms with Gasteiger partial charge in [-0.25, -0.2) is 0 Å². The van der Waals surface area contributed by atoms with Gasteiger partial charge in [-0.1, -0.05) is 53.5 Å². The Morgan fingerprint density at radius 1 is 0.710 bits per heavy atom. The lowest BCUT2D eigenvalue weighted by Gasteiger charge is -2.25. The van der Waals surface area contributed by atoms with Crippen LogP contribution >= 0.6 is 23.2 Å². The topological polar surface area (TPSA) is 99.7 Å². The van der Waals surface area contributed by atoms with Gasteiger partial charge in [-0.15, -0.1) is 0 Å². The zero-order valence-corrected chi connectivity index (χ0v) is 19.5. The molecule has 3 aromatic rings. The van der Waals surface area contributed by atoms with Crippen molar-refractivity contribution in [1.82, 2.24) is 0 Å². The molecule has 0 bridgehead atoms. The molecule has 0 aliphatic rings. The highest BCUT2D eigenvalue weighted by Crippen LogP contribution is 2.41. The van der Waals surface area contributed by atoms with E-state index in [1.54, 1.807) is 0 Å². The van der Waals surface area contributed by atoms with Gasteiger partial charge in [-0.2, -0.15) is 0 Å². The van der Waals surface area contributed by atoms with Gasteiger partial charge in [0, 0.05) is 32.7 Å². The number of nitrogens with one attached hydrogen (secondary N) is 2. The van der Waals surface area contributed by atoms with E-state index in [0.717, 1.165) is 50.1 Å². The second-order valence-electron chi connectivity index (χ2n) is 7.96. The zero-order chi connectivity index (χ0) is 23.0. The van der Waals surface area contributed by atoms with Crippen LogP contribution in [0.25, 0.3) is 0 Å². The predicted molar refractivity (Wildman–Crippen MR) is 131 cm³/mol. The third kappa shape index (κ3) is 4.32. The Kier molecular flexibility index (Phi) is 6.44. The number of rotatable bonds is 5. The summed E-state index contributed by atoms with van der Waals surface area (Å²) in [5.74, 6) is -0.143. The first-order valence-electron chi connectivity index (χ1n) is 9.87. The van der Waals surface area contributed by atoms with Gasteiger partial charge in [0.05, 0.1) is 0 Å². The first-order chi connectivity index (χ1) is 14.5. The second-order valence-corrected chi connectivity index (χ2v) is 8.77. The average Bonchev–Trinajstić information content (AvgIpc) is 2.62. The van der Waals surface area contributed by atoms with Gasteiger partial charge in [0.2, 0.25) is 0 Å². The fraction of sp³-hybridized carbons (Fsp3) is 0.200. The molecule has 6 N–H and O–H groups in total. The van der Waals surface area contributed by atoms with Crippen LogP contribution in [0.4, 0.5) is 0 Å². The van der Waals surface area contributed by atoms with E-state index < -0.39 is 0 Å². The van der Waals surface area contributed by atoms with Crippen molar-refractivity contribution >= 4 is 34.9 Å². The summed E-state index contributed by atoms with van der Waals surface area (Å²) in [6.07, 6.45) is 0. The minimum Gasteiger partial charge on any atom is -0.384 e. The van der Waals surface area contributed by atoms with Gasteiger partial charge in [0.15, 0.2) is 0 Å². The molecule has 160 valence electrons. The lowest BCUT2D eigenvalue weighted by atomic mass is 9.81. The van der Waals surface area contributed by atoms with Gasteiger partial charge in [0.1, 0.15) is 11.7 Å². The maximum atomic E-state index is 7.91. The SMILES string of the molecule is Cc1cc(C(c2cc(C)c(C(=N)N)c(C)c2)c2c(Cl)cccc2Cl)cc(C)c1C(=N)N. The van der Waals surface area contributed by atoms with Crippen molar-refractivity contribution in [2.75, 3.05) is 0 Å². The maximum absolute atomic E-state index is 7.91. The standard InChI is InChI=1S/C25H26Cl2N4/c1-12-8-16(9-13(2)20(12)24(28)29)22(23-18(26)6-5-7-19(23)27)17-10-14(3)21(25(30)31)15(4)11-17/h5-11,22H,1-4H3,(H3,28,29)(H3,30,31). The fourth-order valence-corrected chi connectivity index (χ4v) is 5.10. The normalized spacial score (nSPS) is 11.9. The van der Waals surface area contributed by atoms with E-state index in [1.165, 1.54) is 0 Å². The fourth-order valence-electron chi connectivity index (χ4n) is 4.49. The second kappa shape index (κ2) is 8.74. The molecule has 0 unspecified atom stereocenters. The van der Waals surface area contributed by atoms with Crippen LogP contribution in [0.2, 0.25) is 10.0 Å². The van der Waals surface area contributed by atoms with Gasteiger partial charge in [0.25, 0.3) is 0 Å². The molecule has 0 saturated heterocycles. The van der Waals surface area contributed by atoms with Crippen LogP contribution < -0.4 is 11.5 Å². The summed E-state index contributed by atoms with van der Waals surface area (Å²) in [7, 11) is 0. The number of hydrogen-bond acceptors (Lipinski definition) is 2. The molecule has 31 heavy (non-hydrogen) atoms. The molecule has 3 aromatic carbocycles. The van der Waals surface area contributed by atoms with Gasteiger partial charge in [-0.05, 0) is 73.2 Å². The number of halogens is 2. The Labute approximate surface area is 193 Å². The van der Waals surface area contributed by atoms with Crippen LogP contribution in [-0.2, 0) is 0 Å². The molecule has 6 heteroatoms. The Hall–Kier alpha value is -2.82. The summed E-state index contributed by atoms with van der Waals surface area (Å²) in [5, 5.41) is 17.0. The lowest BCUT2D eigenvalue weighted by Crippen LogP contribution is -2.17. The van der Waals surface area contributed by atoms with Crippen LogP contribution in [0.3, 0.4) is 0 Å². The quantitative estimate of drug-likeness (QED) is 0.217. The van der Waals surface area contributed by atoms with E-state index >= 15 is 0 Å². The van der Waals surface area contributed by atoms with Crippen molar-refractivity contribution in [1.29, 1.82) is 10.8 Å². The number of amidine groups is 2. The third-order valence-corrected chi connectivity index (χ3v) is 6.26. The van der Waals surface area contributed by atoms with Crippen LogP contribution in [0.15, 0.2) is 42.5 Å². The van der Waals surface area contributed by atoms with Crippen molar-refractivity contribution < 1.29 is 0 Å². The first-order valence-corrected chi connectivity index (χ1v) is 10.6. The summed E-state index contributed by atoms with van der Waals surface area (Å²) < 4.78 is 0. The van der Waals surface area contributed by atoms with Crippen LogP contribution in [-0.4, -0.2) is 11.7 Å². The molecule has 4 nitrogen and oxygen atoms in total. The van der Waals surface area contributed by atoms with E-state index in [0.29, 0.717) is 10.0 Å². The summed E-state index contributed by atoms with van der Waals surface area (Å²) >= 11 is 13.3. The third-order valence-electron chi connectivity index (χ3n) is 5.60. The van der Waals surface area contributed by atoms with Crippen molar-refractivity contribution in [2.45, 2.75) is 33.6 Å². The van der Waals surface area contributed by atoms with Gasteiger partial charge >= 0.3 is 0 Å². The van der Waals surface area contributed by atoms with E-state index in [1.807, 2.05) is 70.2 Å². The van der Waals surface area contributed by atoms with E-state index in [-0.39, 0.29) is 17.6 Å². The highest BCUT2D eigenvalue weighted by Gasteiger charge is 2.25. The molecule has 0 fully saturated rings. The van der Waals surface area contributed by atoms with Gasteiger partial charge in [-0.3, -0.25) is 10.8 Å². The largest absolute Gasteiger partial charge is 0.384 e. The van der Waals surface area contributed by atoms with Crippen LogP contribution in [0.5, 0.6) is 0 Å². The molecule has 0 atom stereocenters. The zero-order valence-electron chi connectivity index (χ0n) is 18.0. The Morgan fingerprint density at radius 3 is 1.32 bits per heavy atom. The molecular formula is C25H26Cl2N4. The van der Waals surface area contributed by atoms with E-state index in [2.05, 4.69) is 0 Å². The summed E-state index contributed by atoms with van der Waals surface area (Å²) in [6, 6.07) is 13.7. The van der Waals surface area contributed by atoms with E-state index in [4.69, 9.17) is 45.5 Å². The molecule has 0 spiro atoms. The minimum atomic E-state index is -0.238. The van der Waals surface area contributed by atoms with E-state index in [9.17, 15) is 0 Å². The molecule has 0 saturated carbocycles. The molecule has 0 radical (unpaired) electrons. The highest BCUT2D eigenvalue weighted by molar-refractivity contribution is 6.36. The first kappa shape index (κ1) is 22.9. The molecule has 0 aromatic heterocycles. The number of nitrogen functional groups attached to an aromatic ring is 2. The van der Waals surface area contributed by atoms with Crippen molar-refractivity contribution in [2.24, 2.45) is 11.5 Å². The molecule has 0 heterocycles. The smallest absolute Gasteiger partial charge is 0.123 e. The Morgan fingerprint density at radius 2 is 1.03 bits per heavy atom. The minimum absolute atomic E-state index is 0.0476. The molecule has 0 aliphatic heterocycles. The summed E-state index contributed by atoms with van der Waals surface area (Å²) in [5.41, 5.74) is 19.6. The monoisotopic (exact) mass is 452 g/mol. The Balaban J connectivity index is 2.36. The van der Waals surface area contributed by atoms with Crippen LogP contribution in [0, 0.1) is 38.5 Å². The average molecular weight is 453 g/mol. The molecular weight excluding hydrogens is 427 g/mol. The number of aryl methyl sites for hydroxylation is 4. The number of hydrogen-bond donors (Lipinski definition) is 4. The number of nitrogens with two attached hydrogens (primary N) is 2. The van der Waals surface area contributed by atoms with Crippen molar-refractivity contribution in [3.63, 3.8) is 0 Å². The molecule has 3 rings (SSSR count). The number of benzene rings is 3. The van der Waals surface area contributed by atoms with Crippen LogP contribution in [0.1, 0.15) is 56.0 Å². The predicted octanol–water partition coefficient (Wildman–Crippen LogP) is 5.98. The van der Waals surface area contributed by atoms with Crippen molar-refractivity contribution in [3.05, 3.63) is 103 Å². The maximum Gasteiger partial charge on any atom is 0.123 e. The van der Waals surface area contributed by atoms with Gasteiger partial charge < -0.3 is 11.5 Å². The molecule has 0 aliphatic carbocycles. The highest BCUT2D eigenvalue weighted by atomic mass is 35.5. The summed E-state index contributed by atoms with van der Waals surface area (Å²) in [4.78, 5) is 0. The Bertz CT molecular complexity index is 1080.